The number of ether oxygens (including phenoxy) is 1. The molecule has 0 saturated carbocycles. The normalized spacial score (nSPS) is 25.0. The summed E-state index contributed by atoms with van der Waals surface area (Å²) in [5.74, 6) is 0. The first-order chi connectivity index (χ1) is 3.84. The molecule has 0 saturated heterocycles. The van der Waals surface area contributed by atoms with Gasteiger partial charge in [0, 0.05) is 13.2 Å². The summed E-state index contributed by atoms with van der Waals surface area (Å²) in [7, 11) is 1.79. The Balaban J connectivity index is 2.54. The molecular formula is C5H6N2O. The van der Waals surface area contributed by atoms with E-state index in [4.69, 9.17) is 10.00 Å². The van der Waals surface area contributed by atoms with E-state index in [0.29, 0.717) is 0 Å². The smallest absolute Gasteiger partial charge is 0.259 e. The lowest BCUT2D eigenvalue weighted by molar-refractivity contribution is 0.124. The maximum absolute atomic E-state index is 8.28. The lowest BCUT2D eigenvalue weighted by atomic mass is 10.6. The summed E-state index contributed by atoms with van der Waals surface area (Å²) in [4.78, 5) is 1.69. The molecule has 0 bridgehead atoms. The van der Waals surface area contributed by atoms with Gasteiger partial charge in [0.25, 0.3) is 6.23 Å². The van der Waals surface area contributed by atoms with Crippen molar-refractivity contribution in [3.63, 3.8) is 0 Å². The predicted octanol–water partition coefficient (Wildman–Crippen LogP) is 0.269. The molecule has 0 amide bonds. The van der Waals surface area contributed by atoms with Crippen LogP contribution in [0.5, 0.6) is 0 Å². The highest BCUT2D eigenvalue weighted by Gasteiger charge is 2.13. The Labute approximate surface area is 47.8 Å². The van der Waals surface area contributed by atoms with Crippen LogP contribution < -0.4 is 0 Å². The molecule has 0 N–H and O–H groups in total. The summed E-state index contributed by atoms with van der Waals surface area (Å²) in [6.07, 6.45) is 2.82. The van der Waals surface area contributed by atoms with Crippen LogP contribution in [0.15, 0.2) is 12.5 Å². The second-order valence-electron chi connectivity index (χ2n) is 1.57. The van der Waals surface area contributed by atoms with Crippen LogP contribution in [0.2, 0.25) is 0 Å². The van der Waals surface area contributed by atoms with Crippen molar-refractivity contribution in [1.82, 2.24) is 4.90 Å². The molecule has 1 aliphatic rings. The molecule has 42 valence electrons. The van der Waals surface area contributed by atoms with E-state index in [0.717, 1.165) is 0 Å². The zero-order valence-corrected chi connectivity index (χ0v) is 4.53. The van der Waals surface area contributed by atoms with Crippen LogP contribution in [0, 0.1) is 11.3 Å². The molecule has 1 atom stereocenters. The average Bonchev–Trinajstić information content (AvgIpc) is 2.14. The van der Waals surface area contributed by atoms with Gasteiger partial charge in [-0.1, -0.05) is 0 Å². The highest BCUT2D eigenvalue weighted by atomic mass is 16.5. The third-order valence-electron chi connectivity index (χ3n) is 0.984. The van der Waals surface area contributed by atoms with Crippen LogP contribution in [0.1, 0.15) is 0 Å². The van der Waals surface area contributed by atoms with Gasteiger partial charge in [-0.15, -0.1) is 0 Å². The summed E-state index contributed by atoms with van der Waals surface area (Å²) < 4.78 is 4.80. The van der Waals surface area contributed by atoms with Crippen LogP contribution in [0.3, 0.4) is 0 Å². The van der Waals surface area contributed by atoms with Crippen molar-refractivity contribution in [2.24, 2.45) is 0 Å². The molecule has 8 heavy (non-hydrogen) atoms. The molecule has 0 radical (unpaired) electrons. The Hall–Kier alpha value is -1.17. The molecule has 1 aliphatic heterocycles. The summed E-state index contributed by atoms with van der Waals surface area (Å²) >= 11 is 0. The molecule has 3 heteroatoms. The minimum absolute atomic E-state index is 0.407. The van der Waals surface area contributed by atoms with E-state index in [-0.39, 0.29) is 0 Å². The quantitative estimate of drug-likeness (QED) is 0.449. The molecule has 3 nitrogen and oxygen atoms in total. The number of hydrogen-bond acceptors (Lipinski definition) is 3. The summed E-state index contributed by atoms with van der Waals surface area (Å²) in [5, 5.41) is 8.28. The minimum atomic E-state index is -0.407. The summed E-state index contributed by atoms with van der Waals surface area (Å²) in [5.41, 5.74) is 0. The van der Waals surface area contributed by atoms with E-state index in [1.807, 2.05) is 6.07 Å². The van der Waals surface area contributed by atoms with E-state index < -0.39 is 6.23 Å². The van der Waals surface area contributed by atoms with E-state index in [1.165, 1.54) is 6.26 Å². The molecular weight excluding hydrogens is 104 g/mol. The first-order valence-corrected chi connectivity index (χ1v) is 2.28. The second-order valence-corrected chi connectivity index (χ2v) is 1.57. The predicted molar refractivity (Wildman–Crippen MR) is 27.4 cm³/mol. The molecule has 1 rings (SSSR count). The van der Waals surface area contributed by atoms with Gasteiger partial charge in [-0.2, -0.15) is 5.26 Å². The molecule has 0 aromatic carbocycles. The van der Waals surface area contributed by atoms with Crippen molar-refractivity contribution in [3.8, 4) is 6.07 Å². The third-order valence-corrected chi connectivity index (χ3v) is 0.984. The molecule has 1 heterocycles. The van der Waals surface area contributed by atoms with Crippen LogP contribution in [0.4, 0.5) is 0 Å². The third kappa shape index (κ3) is 0.604. The highest BCUT2D eigenvalue weighted by Crippen LogP contribution is 2.05. The zero-order chi connectivity index (χ0) is 5.98. The summed E-state index contributed by atoms with van der Waals surface area (Å²) in [6, 6.07) is 1.95. The average molecular weight is 110 g/mol. The fourth-order valence-electron chi connectivity index (χ4n) is 0.501. The van der Waals surface area contributed by atoms with E-state index >= 15 is 0 Å². The van der Waals surface area contributed by atoms with Gasteiger partial charge in [-0.25, -0.2) is 0 Å². The van der Waals surface area contributed by atoms with Crippen LogP contribution >= 0.6 is 0 Å². The minimum Gasteiger partial charge on any atom is -0.463 e. The van der Waals surface area contributed by atoms with Gasteiger partial charge in [0.1, 0.15) is 12.3 Å². The highest BCUT2D eigenvalue weighted by molar-refractivity contribution is 4.94. The molecule has 0 spiro atoms. The fourth-order valence-corrected chi connectivity index (χ4v) is 0.501. The maximum atomic E-state index is 8.28. The Morgan fingerprint density at radius 3 is 2.88 bits per heavy atom. The number of hydrogen-bond donors (Lipinski definition) is 0. The Bertz CT molecular complexity index is 147. The van der Waals surface area contributed by atoms with Crippen molar-refractivity contribution in [2.75, 3.05) is 7.05 Å². The van der Waals surface area contributed by atoms with Gasteiger partial charge in [-0.3, -0.25) is 0 Å². The van der Waals surface area contributed by atoms with Gasteiger partial charge in [0.2, 0.25) is 0 Å². The molecule has 1 unspecified atom stereocenters. The van der Waals surface area contributed by atoms with Gasteiger partial charge in [-0.05, 0) is 0 Å². The first-order valence-electron chi connectivity index (χ1n) is 2.28. The standard InChI is InChI=1S/C5H6N2O/c1-7-2-3-8-5(7)4-6/h2-3,5H,1H3. The lowest BCUT2D eigenvalue weighted by Crippen LogP contribution is -2.21. The maximum Gasteiger partial charge on any atom is 0.259 e. The number of nitrogens with zero attached hydrogens (tertiary/aromatic N) is 2. The largest absolute Gasteiger partial charge is 0.463 e. The molecule has 0 aromatic rings. The van der Waals surface area contributed by atoms with E-state index in [2.05, 4.69) is 0 Å². The number of rotatable bonds is 0. The molecule has 0 fully saturated rings. The van der Waals surface area contributed by atoms with Crippen molar-refractivity contribution in [1.29, 1.82) is 5.26 Å². The van der Waals surface area contributed by atoms with Gasteiger partial charge in [0.05, 0.1) is 0 Å². The monoisotopic (exact) mass is 110 g/mol. The Morgan fingerprint density at radius 2 is 2.62 bits per heavy atom. The van der Waals surface area contributed by atoms with Crippen LogP contribution in [-0.4, -0.2) is 18.2 Å². The van der Waals surface area contributed by atoms with Crippen molar-refractivity contribution >= 4 is 0 Å². The molecule has 0 aliphatic carbocycles. The molecule has 0 aromatic heterocycles. The summed E-state index contributed by atoms with van der Waals surface area (Å²) in [6.45, 7) is 0. The van der Waals surface area contributed by atoms with Crippen LogP contribution in [-0.2, 0) is 4.74 Å². The van der Waals surface area contributed by atoms with Crippen molar-refractivity contribution in [2.45, 2.75) is 6.23 Å². The van der Waals surface area contributed by atoms with Gasteiger partial charge in [0.15, 0.2) is 0 Å². The first kappa shape index (κ1) is 4.98. The SMILES string of the molecule is CN1C=COC1C#N. The van der Waals surface area contributed by atoms with E-state index in [9.17, 15) is 0 Å². The van der Waals surface area contributed by atoms with Gasteiger partial charge >= 0.3 is 0 Å². The Morgan fingerprint density at radius 1 is 1.88 bits per heavy atom. The second kappa shape index (κ2) is 1.74. The zero-order valence-electron chi connectivity index (χ0n) is 4.53. The lowest BCUT2D eigenvalue weighted by Gasteiger charge is -2.09. The number of nitriles is 1. The van der Waals surface area contributed by atoms with Crippen LogP contribution in [0.25, 0.3) is 0 Å². The van der Waals surface area contributed by atoms with Crippen molar-refractivity contribution in [3.05, 3.63) is 12.5 Å². The van der Waals surface area contributed by atoms with Gasteiger partial charge < -0.3 is 9.64 Å². The van der Waals surface area contributed by atoms with Crippen molar-refractivity contribution < 1.29 is 4.74 Å². The van der Waals surface area contributed by atoms with E-state index in [1.54, 1.807) is 18.1 Å². The Kier molecular flexibility index (Phi) is 1.09. The topological polar surface area (TPSA) is 36.3 Å². The fraction of sp³-hybridized carbons (Fsp3) is 0.400.